The number of aryl methyl sites for hydroxylation is 1. The Bertz CT molecular complexity index is 1060. The van der Waals surface area contributed by atoms with E-state index >= 15 is 0 Å². The summed E-state index contributed by atoms with van der Waals surface area (Å²) in [4.78, 5) is 0. The first-order chi connectivity index (χ1) is 11.8. The quantitative estimate of drug-likeness (QED) is 0.340. The van der Waals surface area contributed by atoms with Crippen LogP contribution < -0.4 is 0 Å². The molecular weight excluding hydrogens is 288 g/mol. The Morgan fingerprint density at radius 2 is 1.46 bits per heavy atom. The van der Waals surface area contributed by atoms with Crippen LogP contribution in [0.2, 0.25) is 0 Å². The number of fused-ring (bicyclic) bond motifs is 5. The Hall–Kier alpha value is -2.86. The van der Waals surface area contributed by atoms with Gasteiger partial charge in [0.15, 0.2) is 0 Å². The summed E-state index contributed by atoms with van der Waals surface area (Å²) < 4.78 is 0. The van der Waals surface area contributed by atoms with E-state index in [2.05, 4.69) is 91.9 Å². The SMILES string of the molecule is Cc1ccc2c(c1)-c1ccc3ccccc3c1C2c1ccccc1. The third kappa shape index (κ3) is 1.86. The molecule has 0 bridgehead atoms. The first kappa shape index (κ1) is 13.6. The van der Waals surface area contributed by atoms with Gasteiger partial charge in [0.25, 0.3) is 0 Å². The molecule has 0 fully saturated rings. The summed E-state index contributed by atoms with van der Waals surface area (Å²) in [6.07, 6.45) is 0. The second-order valence-electron chi connectivity index (χ2n) is 6.68. The molecule has 0 saturated heterocycles. The zero-order chi connectivity index (χ0) is 16.1. The smallest absolute Gasteiger partial charge is 0.0358 e. The summed E-state index contributed by atoms with van der Waals surface area (Å²) in [5.74, 6) is 0.322. The first-order valence-corrected chi connectivity index (χ1v) is 8.50. The van der Waals surface area contributed by atoms with Gasteiger partial charge in [0, 0.05) is 5.92 Å². The molecule has 0 saturated carbocycles. The fraction of sp³-hybridized carbons (Fsp3) is 0.0833. The number of rotatable bonds is 1. The molecule has 0 heteroatoms. The Kier molecular flexibility index (Phi) is 2.87. The average Bonchev–Trinajstić information content (AvgIpc) is 2.96. The second-order valence-corrected chi connectivity index (χ2v) is 6.68. The number of hydrogen-bond acceptors (Lipinski definition) is 0. The van der Waals surface area contributed by atoms with Gasteiger partial charge in [0.2, 0.25) is 0 Å². The van der Waals surface area contributed by atoms with Crippen molar-refractivity contribution in [2.24, 2.45) is 0 Å². The molecule has 114 valence electrons. The van der Waals surface area contributed by atoms with Crippen LogP contribution in [0, 0.1) is 6.92 Å². The average molecular weight is 306 g/mol. The van der Waals surface area contributed by atoms with Crippen LogP contribution in [0.5, 0.6) is 0 Å². The van der Waals surface area contributed by atoms with Gasteiger partial charge in [-0.2, -0.15) is 0 Å². The molecule has 0 radical (unpaired) electrons. The largest absolute Gasteiger partial charge is 0.0622 e. The van der Waals surface area contributed by atoms with Crippen molar-refractivity contribution >= 4 is 10.8 Å². The van der Waals surface area contributed by atoms with Crippen molar-refractivity contribution in [2.75, 3.05) is 0 Å². The molecule has 4 aromatic carbocycles. The summed E-state index contributed by atoms with van der Waals surface area (Å²) >= 11 is 0. The maximum absolute atomic E-state index is 2.34. The molecule has 4 aromatic rings. The van der Waals surface area contributed by atoms with Crippen molar-refractivity contribution in [1.82, 2.24) is 0 Å². The molecule has 0 nitrogen and oxygen atoms in total. The molecule has 1 aliphatic rings. The molecule has 0 amide bonds. The third-order valence-corrected chi connectivity index (χ3v) is 5.20. The van der Waals surface area contributed by atoms with Crippen LogP contribution in [0.3, 0.4) is 0 Å². The minimum Gasteiger partial charge on any atom is -0.0622 e. The normalized spacial score (nSPS) is 15.3. The molecule has 1 aliphatic carbocycles. The van der Waals surface area contributed by atoms with Crippen LogP contribution in [0.1, 0.15) is 28.2 Å². The zero-order valence-electron chi connectivity index (χ0n) is 13.7. The Morgan fingerprint density at radius 1 is 0.667 bits per heavy atom. The van der Waals surface area contributed by atoms with Crippen molar-refractivity contribution in [3.63, 3.8) is 0 Å². The van der Waals surface area contributed by atoms with E-state index < -0.39 is 0 Å². The lowest BCUT2D eigenvalue weighted by atomic mass is 9.87. The fourth-order valence-corrected chi connectivity index (χ4v) is 4.14. The van der Waals surface area contributed by atoms with Gasteiger partial charge in [-0.05, 0) is 45.5 Å². The van der Waals surface area contributed by atoms with Crippen LogP contribution in [-0.4, -0.2) is 0 Å². The molecular formula is C24H18. The summed E-state index contributed by atoms with van der Waals surface area (Å²) in [5, 5.41) is 2.69. The van der Waals surface area contributed by atoms with Crippen molar-refractivity contribution in [2.45, 2.75) is 12.8 Å². The third-order valence-electron chi connectivity index (χ3n) is 5.20. The van der Waals surface area contributed by atoms with E-state index in [-0.39, 0.29) is 0 Å². The van der Waals surface area contributed by atoms with Gasteiger partial charge >= 0.3 is 0 Å². The molecule has 0 heterocycles. The zero-order valence-corrected chi connectivity index (χ0v) is 13.7. The Labute approximate surface area is 142 Å². The summed E-state index contributed by atoms with van der Waals surface area (Å²) in [5.41, 5.74) is 8.36. The van der Waals surface area contributed by atoms with Crippen LogP contribution in [0.15, 0.2) is 84.9 Å². The van der Waals surface area contributed by atoms with Crippen molar-refractivity contribution < 1.29 is 0 Å². The molecule has 1 unspecified atom stereocenters. The van der Waals surface area contributed by atoms with E-state index in [1.54, 1.807) is 0 Å². The standard InChI is InChI=1S/C24H18/c1-16-11-13-20-22(15-16)21-14-12-17-7-5-6-10-19(17)24(21)23(20)18-8-3-2-4-9-18/h2-15,23H,1H3. The topological polar surface area (TPSA) is 0 Å². The highest BCUT2D eigenvalue weighted by molar-refractivity contribution is 5.97. The highest BCUT2D eigenvalue weighted by atomic mass is 14.3. The van der Waals surface area contributed by atoms with Gasteiger partial charge in [-0.1, -0.05) is 90.5 Å². The highest BCUT2D eigenvalue weighted by Crippen LogP contribution is 2.50. The molecule has 0 aromatic heterocycles. The highest BCUT2D eigenvalue weighted by Gasteiger charge is 2.31. The van der Waals surface area contributed by atoms with Crippen molar-refractivity contribution in [1.29, 1.82) is 0 Å². The monoisotopic (exact) mass is 306 g/mol. The van der Waals surface area contributed by atoms with Crippen molar-refractivity contribution in [3.8, 4) is 11.1 Å². The molecule has 5 rings (SSSR count). The second kappa shape index (κ2) is 5.07. The fourth-order valence-electron chi connectivity index (χ4n) is 4.14. The van der Waals surface area contributed by atoms with E-state index in [1.165, 1.54) is 44.2 Å². The maximum atomic E-state index is 2.34. The molecule has 0 spiro atoms. The number of hydrogen-bond donors (Lipinski definition) is 0. The van der Waals surface area contributed by atoms with E-state index in [0.29, 0.717) is 5.92 Å². The van der Waals surface area contributed by atoms with Crippen LogP contribution >= 0.6 is 0 Å². The van der Waals surface area contributed by atoms with Gasteiger partial charge in [-0.25, -0.2) is 0 Å². The lowest BCUT2D eigenvalue weighted by molar-refractivity contribution is 1.02. The van der Waals surface area contributed by atoms with Gasteiger partial charge in [0.1, 0.15) is 0 Å². The lowest BCUT2D eigenvalue weighted by Crippen LogP contribution is -1.99. The molecule has 1 atom stereocenters. The van der Waals surface area contributed by atoms with Gasteiger partial charge in [0.05, 0.1) is 0 Å². The van der Waals surface area contributed by atoms with E-state index in [9.17, 15) is 0 Å². The van der Waals surface area contributed by atoms with E-state index in [4.69, 9.17) is 0 Å². The summed E-state index contributed by atoms with van der Waals surface area (Å²) in [6, 6.07) is 31.1. The van der Waals surface area contributed by atoms with Gasteiger partial charge in [-0.3, -0.25) is 0 Å². The number of benzene rings is 4. The molecule has 0 N–H and O–H groups in total. The summed E-state index contributed by atoms with van der Waals surface area (Å²) in [6.45, 7) is 2.18. The van der Waals surface area contributed by atoms with E-state index in [1.807, 2.05) is 0 Å². The van der Waals surface area contributed by atoms with Crippen LogP contribution in [0.25, 0.3) is 21.9 Å². The van der Waals surface area contributed by atoms with Crippen molar-refractivity contribution in [3.05, 3.63) is 107 Å². The van der Waals surface area contributed by atoms with Gasteiger partial charge < -0.3 is 0 Å². The Balaban J connectivity index is 1.91. The Morgan fingerprint density at radius 3 is 2.33 bits per heavy atom. The molecule has 0 aliphatic heterocycles. The molecule has 24 heavy (non-hydrogen) atoms. The van der Waals surface area contributed by atoms with Crippen LogP contribution in [0.4, 0.5) is 0 Å². The predicted molar refractivity (Wildman–Crippen MR) is 102 cm³/mol. The van der Waals surface area contributed by atoms with Crippen LogP contribution in [-0.2, 0) is 0 Å². The first-order valence-electron chi connectivity index (χ1n) is 8.50. The maximum Gasteiger partial charge on any atom is 0.0358 e. The minimum absolute atomic E-state index is 0.322. The van der Waals surface area contributed by atoms with Gasteiger partial charge in [-0.15, -0.1) is 0 Å². The predicted octanol–water partition coefficient (Wildman–Crippen LogP) is 6.31. The minimum atomic E-state index is 0.322. The van der Waals surface area contributed by atoms with E-state index in [0.717, 1.165) is 0 Å². The lowest BCUT2D eigenvalue weighted by Gasteiger charge is -2.16. The summed E-state index contributed by atoms with van der Waals surface area (Å²) in [7, 11) is 0.